The van der Waals surface area contributed by atoms with E-state index in [-0.39, 0.29) is 5.97 Å². The summed E-state index contributed by atoms with van der Waals surface area (Å²) in [6, 6.07) is 0. The molecule has 0 aromatic carbocycles. The van der Waals surface area contributed by atoms with Gasteiger partial charge >= 0.3 is 5.97 Å². The lowest BCUT2D eigenvalue weighted by atomic mass is 9.96. The van der Waals surface area contributed by atoms with Crippen molar-refractivity contribution in [1.82, 2.24) is 0 Å². The minimum Gasteiger partial charge on any atom is -0.469 e. The average Bonchev–Trinajstić information content (AvgIpc) is 1.85. The monoisotopic (exact) mass is 158 g/mol. The maximum Gasteiger partial charge on any atom is 0.305 e. The van der Waals surface area contributed by atoms with Crippen LogP contribution in [0.5, 0.6) is 0 Å². The van der Waals surface area contributed by atoms with Crippen LogP contribution < -0.4 is 0 Å². The fourth-order valence-electron chi connectivity index (χ4n) is 1.26. The van der Waals surface area contributed by atoms with Crippen molar-refractivity contribution in [2.24, 2.45) is 11.8 Å². The van der Waals surface area contributed by atoms with Gasteiger partial charge in [0.15, 0.2) is 0 Å². The molecule has 66 valence electrons. The van der Waals surface area contributed by atoms with Crippen molar-refractivity contribution in [2.75, 3.05) is 7.11 Å². The highest BCUT2D eigenvalue weighted by Crippen LogP contribution is 2.14. The third-order valence-electron chi connectivity index (χ3n) is 1.62. The number of hydrogen-bond acceptors (Lipinski definition) is 2. The molecule has 0 aromatic rings. The van der Waals surface area contributed by atoms with E-state index < -0.39 is 0 Å². The number of esters is 1. The average molecular weight is 158 g/mol. The van der Waals surface area contributed by atoms with E-state index in [0.717, 1.165) is 6.42 Å². The lowest BCUT2D eigenvalue weighted by Crippen LogP contribution is -2.08. The van der Waals surface area contributed by atoms with E-state index in [1.807, 2.05) is 0 Å². The fraction of sp³-hybridized carbons (Fsp3) is 0.889. The minimum atomic E-state index is -0.0989. The van der Waals surface area contributed by atoms with Gasteiger partial charge in [0.2, 0.25) is 0 Å². The van der Waals surface area contributed by atoms with Gasteiger partial charge in [0.05, 0.1) is 7.11 Å². The van der Waals surface area contributed by atoms with Gasteiger partial charge in [0, 0.05) is 6.42 Å². The summed E-state index contributed by atoms with van der Waals surface area (Å²) in [5, 5.41) is 0. The van der Waals surface area contributed by atoms with Crippen LogP contribution in [0.2, 0.25) is 0 Å². The van der Waals surface area contributed by atoms with Crippen molar-refractivity contribution in [2.45, 2.75) is 33.6 Å². The van der Waals surface area contributed by atoms with Gasteiger partial charge in [-0.1, -0.05) is 20.8 Å². The second-order valence-electron chi connectivity index (χ2n) is 3.51. The van der Waals surface area contributed by atoms with Gasteiger partial charge in [-0.15, -0.1) is 0 Å². The summed E-state index contributed by atoms with van der Waals surface area (Å²) in [5.41, 5.74) is 0. The lowest BCUT2D eigenvalue weighted by molar-refractivity contribution is -0.141. The number of carbonyl (C=O) groups is 1. The van der Waals surface area contributed by atoms with E-state index in [4.69, 9.17) is 0 Å². The summed E-state index contributed by atoms with van der Waals surface area (Å²) in [7, 11) is 1.43. The first kappa shape index (κ1) is 10.5. The van der Waals surface area contributed by atoms with Crippen LogP contribution in [0.4, 0.5) is 0 Å². The van der Waals surface area contributed by atoms with Crippen LogP contribution in [-0.4, -0.2) is 13.1 Å². The van der Waals surface area contributed by atoms with E-state index in [1.165, 1.54) is 7.11 Å². The van der Waals surface area contributed by atoms with Crippen molar-refractivity contribution >= 4 is 5.97 Å². The van der Waals surface area contributed by atoms with Gasteiger partial charge in [0.1, 0.15) is 0 Å². The number of hydrogen-bond donors (Lipinski definition) is 0. The Labute approximate surface area is 68.9 Å². The summed E-state index contributed by atoms with van der Waals surface area (Å²) in [6.45, 7) is 6.40. The SMILES string of the molecule is COC(=O)C[C@@H](C)CC(C)C. The summed E-state index contributed by atoms with van der Waals surface area (Å²) >= 11 is 0. The number of methoxy groups -OCH3 is 1. The first-order valence-corrected chi connectivity index (χ1v) is 4.13. The maximum atomic E-state index is 10.8. The normalized spacial score (nSPS) is 13.2. The minimum absolute atomic E-state index is 0.0989. The molecular formula is C9H18O2. The van der Waals surface area contributed by atoms with Gasteiger partial charge in [-0.2, -0.15) is 0 Å². The summed E-state index contributed by atoms with van der Waals surface area (Å²) in [4.78, 5) is 10.8. The summed E-state index contributed by atoms with van der Waals surface area (Å²) < 4.78 is 4.56. The van der Waals surface area contributed by atoms with Crippen molar-refractivity contribution in [1.29, 1.82) is 0 Å². The Kier molecular flexibility index (Phi) is 4.92. The predicted molar refractivity (Wildman–Crippen MR) is 45.3 cm³/mol. The fourth-order valence-corrected chi connectivity index (χ4v) is 1.26. The molecule has 0 bridgehead atoms. The molecule has 0 radical (unpaired) electrons. The molecule has 0 heterocycles. The van der Waals surface area contributed by atoms with Crippen LogP contribution in [0.3, 0.4) is 0 Å². The first-order valence-electron chi connectivity index (χ1n) is 4.13. The van der Waals surface area contributed by atoms with E-state index in [9.17, 15) is 4.79 Å². The Bertz CT molecular complexity index is 119. The van der Waals surface area contributed by atoms with E-state index in [1.54, 1.807) is 0 Å². The number of carbonyl (C=O) groups excluding carboxylic acids is 1. The molecule has 0 rings (SSSR count). The highest BCUT2D eigenvalue weighted by atomic mass is 16.5. The van der Waals surface area contributed by atoms with Gasteiger partial charge < -0.3 is 4.74 Å². The molecule has 0 saturated heterocycles. The van der Waals surface area contributed by atoms with E-state index in [2.05, 4.69) is 25.5 Å². The first-order chi connectivity index (χ1) is 5.06. The van der Waals surface area contributed by atoms with E-state index >= 15 is 0 Å². The van der Waals surface area contributed by atoms with Crippen molar-refractivity contribution in [3.8, 4) is 0 Å². The third kappa shape index (κ3) is 5.89. The van der Waals surface area contributed by atoms with Gasteiger partial charge in [-0.3, -0.25) is 4.79 Å². The zero-order valence-corrected chi connectivity index (χ0v) is 7.89. The van der Waals surface area contributed by atoms with Crippen LogP contribution in [0.25, 0.3) is 0 Å². The van der Waals surface area contributed by atoms with Gasteiger partial charge in [-0.05, 0) is 18.3 Å². The predicted octanol–water partition coefficient (Wildman–Crippen LogP) is 2.23. The van der Waals surface area contributed by atoms with Crippen LogP contribution in [0.1, 0.15) is 33.6 Å². The zero-order chi connectivity index (χ0) is 8.85. The smallest absolute Gasteiger partial charge is 0.305 e. The number of rotatable bonds is 4. The Hall–Kier alpha value is -0.530. The second kappa shape index (κ2) is 5.16. The Morgan fingerprint density at radius 1 is 1.36 bits per heavy atom. The standard InChI is InChI=1S/C9H18O2/c1-7(2)5-8(3)6-9(10)11-4/h7-8H,5-6H2,1-4H3/t8-/m0/s1. The Morgan fingerprint density at radius 3 is 2.27 bits per heavy atom. The molecule has 0 spiro atoms. The topological polar surface area (TPSA) is 26.3 Å². The molecule has 2 nitrogen and oxygen atoms in total. The molecule has 0 N–H and O–H groups in total. The van der Waals surface area contributed by atoms with Crippen LogP contribution in [0, 0.1) is 11.8 Å². The Morgan fingerprint density at radius 2 is 1.91 bits per heavy atom. The molecule has 0 fully saturated rings. The van der Waals surface area contributed by atoms with Crippen LogP contribution in [0.15, 0.2) is 0 Å². The maximum absolute atomic E-state index is 10.8. The molecule has 2 heteroatoms. The summed E-state index contributed by atoms with van der Waals surface area (Å²) in [6.07, 6.45) is 1.64. The highest BCUT2D eigenvalue weighted by molar-refractivity contribution is 5.69. The van der Waals surface area contributed by atoms with E-state index in [0.29, 0.717) is 18.3 Å². The molecule has 0 aliphatic heterocycles. The molecule has 0 saturated carbocycles. The summed E-state index contributed by atoms with van der Waals surface area (Å²) in [5.74, 6) is 1.01. The van der Waals surface area contributed by atoms with Gasteiger partial charge in [-0.25, -0.2) is 0 Å². The highest BCUT2D eigenvalue weighted by Gasteiger charge is 2.09. The third-order valence-corrected chi connectivity index (χ3v) is 1.62. The van der Waals surface area contributed by atoms with Crippen LogP contribution >= 0.6 is 0 Å². The largest absolute Gasteiger partial charge is 0.469 e. The molecule has 11 heavy (non-hydrogen) atoms. The van der Waals surface area contributed by atoms with Crippen molar-refractivity contribution in [3.05, 3.63) is 0 Å². The molecule has 0 amide bonds. The molecular weight excluding hydrogens is 140 g/mol. The van der Waals surface area contributed by atoms with Gasteiger partial charge in [0.25, 0.3) is 0 Å². The van der Waals surface area contributed by atoms with Crippen molar-refractivity contribution < 1.29 is 9.53 Å². The number of ether oxygens (including phenoxy) is 1. The molecule has 0 aromatic heterocycles. The quantitative estimate of drug-likeness (QED) is 0.586. The van der Waals surface area contributed by atoms with Crippen LogP contribution in [-0.2, 0) is 9.53 Å². The molecule has 1 atom stereocenters. The van der Waals surface area contributed by atoms with Crippen molar-refractivity contribution in [3.63, 3.8) is 0 Å². The molecule has 0 aliphatic rings. The molecule has 0 aliphatic carbocycles. The Balaban J connectivity index is 3.51. The second-order valence-corrected chi connectivity index (χ2v) is 3.51. The molecule has 0 unspecified atom stereocenters. The lowest BCUT2D eigenvalue weighted by Gasteiger charge is -2.11. The zero-order valence-electron chi connectivity index (χ0n) is 7.89.